The first kappa shape index (κ1) is 21.4. The van der Waals surface area contributed by atoms with Crippen LogP contribution in [0.2, 0.25) is 0 Å². The predicted octanol–water partition coefficient (Wildman–Crippen LogP) is 10.6. The Labute approximate surface area is 232 Å². The average molecular weight is 533 g/mol. The zero-order chi connectivity index (χ0) is 25.5. The van der Waals surface area contributed by atoms with Crippen molar-refractivity contribution in [2.45, 2.75) is 0 Å². The summed E-state index contributed by atoms with van der Waals surface area (Å²) < 4.78 is 6.20. The van der Waals surface area contributed by atoms with E-state index in [9.17, 15) is 0 Å². The predicted molar refractivity (Wildman–Crippen MR) is 170 cm³/mol. The fourth-order valence-electron chi connectivity index (χ4n) is 6.10. The van der Waals surface area contributed by atoms with Gasteiger partial charge in [0, 0.05) is 30.9 Å². The highest BCUT2D eigenvalue weighted by molar-refractivity contribution is 7.26. The lowest BCUT2D eigenvalue weighted by atomic mass is 9.98. The second-order valence-corrected chi connectivity index (χ2v) is 12.1. The number of benzene rings is 6. The maximum absolute atomic E-state index is 5.38. The van der Waals surface area contributed by atoms with Crippen molar-refractivity contribution in [1.82, 2.24) is 9.55 Å². The Morgan fingerprint density at radius 3 is 2.18 bits per heavy atom. The van der Waals surface area contributed by atoms with Crippen molar-refractivity contribution in [2.75, 3.05) is 0 Å². The molecule has 39 heavy (non-hydrogen) atoms. The van der Waals surface area contributed by atoms with Gasteiger partial charge in [0.25, 0.3) is 0 Å². The van der Waals surface area contributed by atoms with Gasteiger partial charge in [0.1, 0.15) is 0 Å². The molecule has 6 aromatic carbocycles. The molecule has 3 aromatic heterocycles. The number of nitrogens with zero attached hydrogens (tertiary/aromatic N) is 2. The van der Waals surface area contributed by atoms with E-state index in [1.54, 1.807) is 11.3 Å². The van der Waals surface area contributed by atoms with Crippen LogP contribution in [0.4, 0.5) is 0 Å². The van der Waals surface area contributed by atoms with E-state index in [0.717, 1.165) is 10.6 Å². The van der Waals surface area contributed by atoms with Crippen molar-refractivity contribution in [1.29, 1.82) is 0 Å². The normalized spacial score (nSPS) is 12.1. The van der Waals surface area contributed by atoms with Gasteiger partial charge in [-0.3, -0.25) is 4.57 Å². The lowest BCUT2D eigenvalue weighted by Crippen LogP contribution is -1.92. The Balaban J connectivity index is 1.43. The van der Waals surface area contributed by atoms with Gasteiger partial charge in [-0.1, -0.05) is 96.3 Å². The molecule has 0 N–H and O–H groups in total. The molecule has 2 nitrogen and oxygen atoms in total. The summed E-state index contributed by atoms with van der Waals surface area (Å²) in [6, 6.07) is 43.9. The van der Waals surface area contributed by atoms with E-state index in [0.29, 0.717) is 0 Å². The quantitative estimate of drug-likeness (QED) is 0.216. The summed E-state index contributed by atoms with van der Waals surface area (Å²) in [5.41, 5.74) is 5.95. The standard InChI is InChI=1S/C35H20N2S2/c1-2-9-21(10-3-1)24-14-8-15-27-32(24)26-19-22-11-4-5-12-23(22)20-28(26)37(27)35-36-34-31(39-35)18-17-30-33(34)25-13-6-7-16-29(25)38-30/h1-20H. The Morgan fingerprint density at radius 2 is 1.28 bits per heavy atom. The van der Waals surface area contributed by atoms with E-state index in [2.05, 4.69) is 126 Å². The SMILES string of the molecule is c1ccc(-c2cccc3c2c2cc4ccccc4cc2n3-c2nc3c(ccc4sc5ccccc5c43)s2)cc1. The van der Waals surface area contributed by atoms with Gasteiger partial charge in [0.05, 0.1) is 21.3 Å². The van der Waals surface area contributed by atoms with Gasteiger partial charge in [0.2, 0.25) is 0 Å². The number of thiophene rings is 1. The van der Waals surface area contributed by atoms with Crippen LogP contribution in [-0.2, 0) is 0 Å². The molecule has 3 heterocycles. The first-order valence-electron chi connectivity index (χ1n) is 13.1. The summed E-state index contributed by atoms with van der Waals surface area (Å²) in [6.07, 6.45) is 0. The highest BCUT2D eigenvalue weighted by Crippen LogP contribution is 2.44. The molecular formula is C35H20N2S2. The zero-order valence-corrected chi connectivity index (χ0v) is 22.4. The smallest absolute Gasteiger partial charge is 0.195 e. The molecular weight excluding hydrogens is 513 g/mol. The summed E-state index contributed by atoms with van der Waals surface area (Å²) in [7, 11) is 0. The average Bonchev–Trinajstić information content (AvgIpc) is 3.67. The van der Waals surface area contributed by atoms with Crippen molar-refractivity contribution in [3.63, 3.8) is 0 Å². The van der Waals surface area contributed by atoms with Crippen molar-refractivity contribution in [3.05, 3.63) is 121 Å². The minimum atomic E-state index is 1.01. The van der Waals surface area contributed by atoms with Crippen LogP contribution in [-0.4, -0.2) is 9.55 Å². The van der Waals surface area contributed by atoms with Gasteiger partial charge in [-0.25, -0.2) is 4.98 Å². The number of hydrogen-bond donors (Lipinski definition) is 0. The second kappa shape index (κ2) is 8.00. The molecule has 0 bridgehead atoms. The topological polar surface area (TPSA) is 17.8 Å². The Kier molecular flexibility index (Phi) is 4.39. The van der Waals surface area contributed by atoms with Crippen LogP contribution in [0.1, 0.15) is 0 Å². The van der Waals surface area contributed by atoms with Crippen molar-refractivity contribution in [3.8, 4) is 16.3 Å². The van der Waals surface area contributed by atoms with Crippen LogP contribution in [0.5, 0.6) is 0 Å². The minimum Gasteiger partial charge on any atom is -0.285 e. The van der Waals surface area contributed by atoms with Gasteiger partial charge < -0.3 is 0 Å². The molecule has 4 heteroatoms. The molecule has 0 unspecified atom stereocenters. The summed E-state index contributed by atoms with van der Waals surface area (Å²) >= 11 is 3.62. The number of hydrogen-bond acceptors (Lipinski definition) is 3. The molecule has 0 spiro atoms. The highest BCUT2D eigenvalue weighted by atomic mass is 32.1. The van der Waals surface area contributed by atoms with Crippen LogP contribution in [0.3, 0.4) is 0 Å². The molecule has 0 aliphatic heterocycles. The van der Waals surface area contributed by atoms with Crippen LogP contribution in [0, 0.1) is 0 Å². The van der Waals surface area contributed by atoms with Crippen molar-refractivity contribution < 1.29 is 0 Å². The number of aromatic nitrogens is 2. The van der Waals surface area contributed by atoms with Gasteiger partial charge in [-0.05, 0) is 58.3 Å². The first-order valence-corrected chi connectivity index (χ1v) is 14.7. The number of fused-ring (bicyclic) bond motifs is 9. The third kappa shape index (κ3) is 3.04. The zero-order valence-electron chi connectivity index (χ0n) is 20.8. The summed E-state index contributed by atoms with van der Waals surface area (Å²) in [5, 5.41) is 8.59. The summed E-state index contributed by atoms with van der Waals surface area (Å²) in [6.45, 7) is 0. The summed E-state index contributed by atoms with van der Waals surface area (Å²) in [4.78, 5) is 5.38. The first-order chi connectivity index (χ1) is 19.3. The van der Waals surface area contributed by atoms with E-state index in [4.69, 9.17) is 4.98 Å². The number of rotatable bonds is 2. The minimum absolute atomic E-state index is 1.01. The highest BCUT2D eigenvalue weighted by Gasteiger charge is 2.20. The fraction of sp³-hybridized carbons (Fsp3) is 0. The molecule has 9 rings (SSSR count). The van der Waals surface area contributed by atoms with Crippen LogP contribution in [0.25, 0.3) is 79.2 Å². The van der Waals surface area contributed by atoms with Gasteiger partial charge in [0.15, 0.2) is 5.13 Å². The molecule has 0 atom stereocenters. The fourth-order valence-corrected chi connectivity index (χ4v) is 8.21. The van der Waals surface area contributed by atoms with Gasteiger partial charge in [-0.15, -0.1) is 11.3 Å². The number of thiazole rings is 1. The van der Waals surface area contributed by atoms with Crippen molar-refractivity contribution in [2.24, 2.45) is 0 Å². The molecule has 0 aliphatic carbocycles. The molecule has 0 aliphatic rings. The molecule has 0 fully saturated rings. The largest absolute Gasteiger partial charge is 0.285 e. The Hall–Kier alpha value is -4.51. The lowest BCUT2D eigenvalue weighted by Gasteiger charge is -2.06. The van der Waals surface area contributed by atoms with E-state index in [1.807, 2.05) is 11.3 Å². The van der Waals surface area contributed by atoms with E-state index in [-0.39, 0.29) is 0 Å². The molecule has 0 saturated heterocycles. The maximum atomic E-state index is 5.38. The van der Waals surface area contributed by atoms with Crippen molar-refractivity contribution >= 4 is 85.6 Å². The molecule has 0 saturated carbocycles. The molecule has 0 radical (unpaired) electrons. The molecule has 182 valence electrons. The Morgan fingerprint density at radius 1 is 0.513 bits per heavy atom. The monoisotopic (exact) mass is 532 g/mol. The summed E-state index contributed by atoms with van der Waals surface area (Å²) in [5.74, 6) is 0. The molecule has 0 amide bonds. The van der Waals surface area contributed by atoms with E-state index >= 15 is 0 Å². The van der Waals surface area contributed by atoms with E-state index in [1.165, 1.54) is 68.6 Å². The maximum Gasteiger partial charge on any atom is 0.195 e. The third-order valence-electron chi connectivity index (χ3n) is 7.82. The van der Waals surface area contributed by atoms with Gasteiger partial charge >= 0.3 is 0 Å². The van der Waals surface area contributed by atoms with Crippen LogP contribution in [0.15, 0.2) is 121 Å². The Bertz CT molecular complexity index is 2390. The lowest BCUT2D eigenvalue weighted by molar-refractivity contribution is 1.15. The van der Waals surface area contributed by atoms with Crippen LogP contribution < -0.4 is 0 Å². The van der Waals surface area contributed by atoms with E-state index < -0.39 is 0 Å². The van der Waals surface area contributed by atoms with Crippen LogP contribution >= 0.6 is 22.7 Å². The van der Waals surface area contributed by atoms with Gasteiger partial charge in [-0.2, -0.15) is 0 Å². The second-order valence-electron chi connectivity index (χ2n) is 10.00. The third-order valence-corrected chi connectivity index (χ3v) is 9.96. The molecule has 9 aromatic rings.